The monoisotopic (exact) mass is 1110 g/mol. The molecule has 2 N–H and O–H groups in total. The van der Waals surface area contributed by atoms with E-state index in [0.29, 0.717) is 19.3 Å². The van der Waals surface area contributed by atoms with Crippen molar-refractivity contribution in [2.24, 2.45) is 0 Å². The molecular formula is C66H115O11P. The molecule has 0 aliphatic heterocycles. The summed E-state index contributed by atoms with van der Waals surface area (Å²) in [6, 6.07) is 0. The van der Waals surface area contributed by atoms with Crippen LogP contribution in [0.1, 0.15) is 278 Å². The number of allylic oxidation sites excluding steroid dienone is 14. The lowest BCUT2D eigenvalue weighted by Gasteiger charge is -2.21. The maximum absolute atomic E-state index is 12.9. The van der Waals surface area contributed by atoms with Crippen LogP contribution in [0.15, 0.2) is 85.1 Å². The van der Waals surface area contributed by atoms with Gasteiger partial charge in [-0.15, -0.1) is 0 Å². The van der Waals surface area contributed by atoms with E-state index in [-0.39, 0.29) is 25.9 Å². The molecule has 0 amide bonds. The fourth-order valence-electron chi connectivity index (χ4n) is 8.49. The Bertz CT molecular complexity index is 1630. The van der Waals surface area contributed by atoms with E-state index in [1.165, 1.54) is 83.5 Å². The average Bonchev–Trinajstić information content (AvgIpc) is 3.43. The van der Waals surface area contributed by atoms with E-state index in [2.05, 4.69) is 106 Å². The van der Waals surface area contributed by atoms with Gasteiger partial charge in [0.15, 0.2) is 6.10 Å². The van der Waals surface area contributed by atoms with Crippen molar-refractivity contribution >= 4 is 25.7 Å². The van der Waals surface area contributed by atoms with Gasteiger partial charge >= 0.3 is 25.7 Å². The molecule has 0 aliphatic rings. The van der Waals surface area contributed by atoms with E-state index in [1.807, 2.05) is 0 Å². The van der Waals surface area contributed by atoms with E-state index in [1.54, 1.807) is 0 Å². The first-order valence-corrected chi connectivity index (χ1v) is 33.0. The molecule has 0 heterocycles. The summed E-state index contributed by atoms with van der Waals surface area (Å²) in [5, 5.41) is 9.84. The summed E-state index contributed by atoms with van der Waals surface area (Å²) in [7, 11) is -4.76. The highest BCUT2D eigenvalue weighted by molar-refractivity contribution is 7.47. The summed E-state index contributed by atoms with van der Waals surface area (Å²) in [5.41, 5.74) is 0. The summed E-state index contributed by atoms with van der Waals surface area (Å²) in [5.74, 6) is -1.50. The molecule has 0 bridgehead atoms. The van der Waals surface area contributed by atoms with Crippen molar-refractivity contribution < 1.29 is 52.2 Å². The molecule has 78 heavy (non-hydrogen) atoms. The van der Waals surface area contributed by atoms with E-state index in [0.717, 1.165) is 135 Å². The first-order valence-electron chi connectivity index (χ1n) is 31.5. The van der Waals surface area contributed by atoms with Gasteiger partial charge in [0.2, 0.25) is 0 Å². The molecule has 3 atom stereocenters. The summed E-state index contributed by atoms with van der Waals surface area (Å²) in [4.78, 5) is 48.7. The molecule has 0 aromatic heterocycles. The number of phosphoric ester groups is 1. The van der Waals surface area contributed by atoms with Crippen molar-refractivity contribution in [1.82, 2.24) is 0 Å². The van der Waals surface area contributed by atoms with Gasteiger partial charge in [0.25, 0.3) is 0 Å². The molecule has 11 nitrogen and oxygen atoms in total. The van der Waals surface area contributed by atoms with Gasteiger partial charge < -0.3 is 24.2 Å². The fraction of sp³-hybridized carbons (Fsp3) is 0.742. The molecule has 0 radical (unpaired) electrons. The third kappa shape index (κ3) is 57.3. The normalized spacial score (nSPS) is 13.9. The number of rotatable bonds is 58. The van der Waals surface area contributed by atoms with Crippen LogP contribution in [0.5, 0.6) is 0 Å². The summed E-state index contributed by atoms with van der Waals surface area (Å²) < 4.78 is 39.6. The Hall–Kier alpha value is -3.34. The van der Waals surface area contributed by atoms with E-state index < -0.39 is 57.8 Å². The second-order valence-corrected chi connectivity index (χ2v) is 22.3. The van der Waals surface area contributed by atoms with Gasteiger partial charge in [-0.25, -0.2) is 4.57 Å². The second kappa shape index (κ2) is 59.8. The maximum Gasteiger partial charge on any atom is 0.472 e. The molecule has 0 aliphatic carbocycles. The zero-order valence-corrected chi connectivity index (χ0v) is 50.8. The van der Waals surface area contributed by atoms with Crippen LogP contribution in [0.2, 0.25) is 0 Å². The first-order chi connectivity index (χ1) is 38.2. The highest BCUT2D eigenvalue weighted by Gasteiger charge is 2.28. The fourth-order valence-corrected chi connectivity index (χ4v) is 9.27. The Morgan fingerprint density at radius 2 is 0.667 bits per heavy atom. The van der Waals surface area contributed by atoms with Crippen molar-refractivity contribution in [2.75, 3.05) is 26.4 Å². The number of carbonyl (C=O) groups is 3. The Morgan fingerprint density at radius 1 is 0.372 bits per heavy atom. The predicted octanol–water partition coefficient (Wildman–Crippen LogP) is 19.0. The number of aliphatic hydroxyl groups is 1. The number of esters is 3. The second-order valence-electron chi connectivity index (χ2n) is 20.8. The summed E-state index contributed by atoms with van der Waals surface area (Å²) >= 11 is 0. The van der Waals surface area contributed by atoms with Crippen LogP contribution in [0.4, 0.5) is 0 Å². The lowest BCUT2D eigenvalue weighted by Crippen LogP contribution is -2.30. The number of hydrogen-bond donors (Lipinski definition) is 2. The van der Waals surface area contributed by atoms with Crippen molar-refractivity contribution in [3.05, 3.63) is 85.1 Å². The van der Waals surface area contributed by atoms with E-state index in [4.69, 9.17) is 23.3 Å². The maximum atomic E-state index is 12.9. The van der Waals surface area contributed by atoms with Gasteiger partial charge in [0, 0.05) is 19.3 Å². The van der Waals surface area contributed by atoms with Gasteiger partial charge in [-0.3, -0.25) is 23.4 Å². The molecule has 0 aromatic carbocycles. The first kappa shape index (κ1) is 74.7. The van der Waals surface area contributed by atoms with Crippen molar-refractivity contribution in [1.29, 1.82) is 0 Å². The number of unbranched alkanes of at least 4 members (excludes halogenated alkanes) is 27. The summed E-state index contributed by atoms with van der Waals surface area (Å²) in [6.07, 6.45) is 69.6. The van der Waals surface area contributed by atoms with Gasteiger partial charge in [-0.05, 0) is 116 Å². The lowest BCUT2D eigenvalue weighted by atomic mass is 10.1. The van der Waals surface area contributed by atoms with Crippen LogP contribution in [0.25, 0.3) is 0 Å². The highest BCUT2D eigenvalue weighted by atomic mass is 31.2. The molecule has 450 valence electrons. The van der Waals surface area contributed by atoms with E-state index in [9.17, 15) is 28.9 Å². The smallest absolute Gasteiger partial charge is 0.462 e. The lowest BCUT2D eigenvalue weighted by molar-refractivity contribution is -0.161. The van der Waals surface area contributed by atoms with Crippen LogP contribution in [-0.2, 0) is 42.2 Å². The zero-order chi connectivity index (χ0) is 56.9. The standard InChI is InChI=1S/C66H115O11P/c1-4-7-10-13-16-19-22-25-28-30-31-33-35-37-40-43-46-49-52-55-64(68)73-59-63(77-66(70)57-54-51-48-45-42-39-36-32-29-26-23-20-17-14-11-8-5-2)61-75-78(71,72)74-60-62(58-67)76-65(69)56-53-50-47-44-41-38-34-27-24-21-18-15-12-9-6-3/h9,12,16,18-19,21,25-29,31,33-34,62-63,67H,4-8,10-11,13-15,17,20,22-24,30,32,35-61H2,1-3H3,(H,71,72)/b12-9-,19-16-,21-18-,28-25-,29-26-,33-31-,34-27-. The third-order valence-corrected chi connectivity index (χ3v) is 14.2. The molecule has 0 aromatic rings. The van der Waals surface area contributed by atoms with Gasteiger partial charge in [0.1, 0.15) is 12.7 Å². The Kier molecular flexibility index (Phi) is 57.2. The average molecular weight is 1120 g/mol. The zero-order valence-electron chi connectivity index (χ0n) is 49.9. The van der Waals surface area contributed by atoms with Crippen LogP contribution in [-0.4, -0.2) is 66.5 Å². The van der Waals surface area contributed by atoms with Gasteiger partial charge in [-0.2, -0.15) is 0 Å². The molecule has 0 saturated carbocycles. The number of hydrogen-bond acceptors (Lipinski definition) is 10. The van der Waals surface area contributed by atoms with E-state index >= 15 is 0 Å². The van der Waals surface area contributed by atoms with Crippen molar-refractivity contribution in [3.63, 3.8) is 0 Å². The van der Waals surface area contributed by atoms with Crippen LogP contribution in [0, 0.1) is 0 Å². The molecule has 12 heteroatoms. The number of carbonyl (C=O) groups excluding carboxylic acids is 3. The Balaban J connectivity index is 4.75. The van der Waals surface area contributed by atoms with Gasteiger partial charge in [-0.1, -0.05) is 228 Å². The third-order valence-electron chi connectivity index (χ3n) is 13.3. The topological polar surface area (TPSA) is 155 Å². The van der Waals surface area contributed by atoms with Crippen LogP contribution < -0.4 is 0 Å². The molecule has 0 spiro atoms. The minimum Gasteiger partial charge on any atom is -0.462 e. The van der Waals surface area contributed by atoms with Crippen LogP contribution in [0.3, 0.4) is 0 Å². The molecule has 3 unspecified atom stereocenters. The SMILES string of the molecule is CC/C=C\C/C=C\C/C=C\CCCCCCCC(=O)OC(CO)COP(=O)(O)OCC(COC(=O)CCCCCCCC/C=C\C/C=C\C/C=C\CCCCC)OC(=O)CCCCCCCCC/C=C\CCCCCCCC. The molecule has 0 saturated heterocycles. The Labute approximate surface area is 477 Å². The molecule has 0 fully saturated rings. The minimum atomic E-state index is -4.76. The van der Waals surface area contributed by atoms with Crippen molar-refractivity contribution in [2.45, 2.75) is 290 Å². The molecular weight excluding hydrogens is 1000 g/mol. The highest BCUT2D eigenvalue weighted by Crippen LogP contribution is 2.43. The summed E-state index contributed by atoms with van der Waals surface area (Å²) in [6.45, 7) is 4.49. The van der Waals surface area contributed by atoms with Gasteiger partial charge in [0.05, 0.1) is 19.8 Å². The number of phosphoric acid groups is 1. The molecule has 0 rings (SSSR count). The van der Waals surface area contributed by atoms with Crippen LogP contribution >= 0.6 is 7.82 Å². The largest absolute Gasteiger partial charge is 0.472 e. The number of aliphatic hydroxyl groups excluding tert-OH is 1. The quantitative estimate of drug-likeness (QED) is 0.0197. The van der Waals surface area contributed by atoms with Crippen molar-refractivity contribution in [3.8, 4) is 0 Å². The minimum absolute atomic E-state index is 0.154. The number of ether oxygens (including phenoxy) is 3. The Morgan fingerprint density at radius 3 is 1.06 bits per heavy atom. The predicted molar refractivity (Wildman–Crippen MR) is 325 cm³/mol.